The molecule has 2 atom stereocenters. The van der Waals surface area contributed by atoms with Crippen LogP contribution in [0.2, 0.25) is 0 Å². The maximum Gasteiger partial charge on any atom is 0.0565 e. The van der Waals surface area contributed by atoms with Crippen molar-refractivity contribution in [3.63, 3.8) is 0 Å². The van der Waals surface area contributed by atoms with Crippen molar-refractivity contribution < 1.29 is 4.74 Å². The molecule has 0 aromatic carbocycles. The van der Waals surface area contributed by atoms with Crippen molar-refractivity contribution in [3.05, 3.63) is 0 Å². The van der Waals surface area contributed by atoms with E-state index >= 15 is 0 Å². The first-order chi connectivity index (χ1) is 7.08. The van der Waals surface area contributed by atoms with Gasteiger partial charge in [0.15, 0.2) is 0 Å². The van der Waals surface area contributed by atoms with Crippen LogP contribution in [0.25, 0.3) is 0 Å². The van der Waals surface area contributed by atoms with E-state index in [-0.39, 0.29) is 0 Å². The van der Waals surface area contributed by atoms with E-state index in [0.717, 1.165) is 19.4 Å². The molecule has 0 aromatic rings. The van der Waals surface area contributed by atoms with E-state index in [4.69, 9.17) is 4.74 Å². The van der Waals surface area contributed by atoms with Crippen LogP contribution >= 0.6 is 0 Å². The van der Waals surface area contributed by atoms with Gasteiger partial charge in [0.1, 0.15) is 0 Å². The predicted octanol–water partition coefficient (Wildman–Crippen LogP) is 1.48. The van der Waals surface area contributed by atoms with Crippen molar-refractivity contribution in [2.24, 2.45) is 0 Å². The van der Waals surface area contributed by atoms with E-state index in [1.807, 2.05) is 0 Å². The highest BCUT2D eigenvalue weighted by Crippen LogP contribution is 2.18. The van der Waals surface area contributed by atoms with Crippen molar-refractivity contribution in [2.45, 2.75) is 51.4 Å². The molecule has 1 rings (SSSR count). The first kappa shape index (κ1) is 12.9. The highest BCUT2D eigenvalue weighted by Gasteiger charge is 2.23. The topological polar surface area (TPSA) is 24.5 Å². The standard InChI is InChI=1S/C12H26N2O/c1-10-8-12(9-11(2)15-10)13-6-5-7-14(3)4/h10-13H,5-9H2,1-4H3. The zero-order chi connectivity index (χ0) is 11.3. The lowest BCUT2D eigenvalue weighted by atomic mass is 10.00. The molecule has 1 aliphatic heterocycles. The van der Waals surface area contributed by atoms with Crippen LogP contribution in [0.4, 0.5) is 0 Å². The van der Waals surface area contributed by atoms with Crippen LogP contribution in [0.5, 0.6) is 0 Å². The fourth-order valence-electron chi connectivity index (χ4n) is 2.27. The Kier molecular flexibility index (Phi) is 5.58. The highest BCUT2D eigenvalue weighted by atomic mass is 16.5. The maximum atomic E-state index is 5.71. The molecule has 1 fully saturated rings. The lowest BCUT2D eigenvalue weighted by Gasteiger charge is -2.32. The third-order valence-electron chi connectivity index (χ3n) is 2.91. The molecule has 3 nitrogen and oxygen atoms in total. The summed E-state index contributed by atoms with van der Waals surface area (Å²) in [6, 6.07) is 0.658. The van der Waals surface area contributed by atoms with Gasteiger partial charge < -0.3 is 15.0 Å². The second-order valence-corrected chi connectivity index (χ2v) is 5.04. The van der Waals surface area contributed by atoms with Crippen molar-refractivity contribution in [1.82, 2.24) is 10.2 Å². The molecular formula is C12H26N2O. The molecule has 3 heteroatoms. The summed E-state index contributed by atoms with van der Waals surface area (Å²) < 4.78 is 5.71. The maximum absolute atomic E-state index is 5.71. The summed E-state index contributed by atoms with van der Waals surface area (Å²) in [6.45, 7) is 6.64. The van der Waals surface area contributed by atoms with Crippen molar-refractivity contribution in [1.29, 1.82) is 0 Å². The molecular weight excluding hydrogens is 188 g/mol. The molecule has 0 aromatic heterocycles. The predicted molar refractivity (Wildman–Crippen MR) is 64.2 cm³/mol. The molecule has 2 unspecified atom stereocenters. The van der Waals surface area contributed by atoms with E-state index in [2.05, 4.69) is 38.2 Å². The lowest BCUT2D eigenvalue weighted by molar-refractivity contribution is -0.0420. The quantitative estimate of drug-likeness (QED) is 0.702. The molecule has 0 spiro atoms. The number of nitrogens with zero attached hydrogens (tertiary/aromatic N) is 1. The second-order valence-electron chi connectivity index (χ2n) is 5.04. The molecule has 0 aliphatic carbocycles. The number of nitrogens with one attached hydrogen (secondary N) is 1. The zero-order valence-corrected chi connectivity index (χ0v) is 10.6. The van der Waals surface area contributed by atoms with E-state index in [1.165, 1.54) is 13.0 Å². The summed E-state index contributed by atoms with van der Waals surface area (Å²) in [5.74, 6) is 0. The minimum atomic E-state index is 0.417. The van der Waals surface area contributed by atoms with Gasteiger partial charge in [-0.2, -0.15) is 0 Å². The Balaban J connectivity index is 2.10. The third kappa shape index (κ3) is 5.50. The Morgan fingerprint density at radius 3 is 2.33 bits per heavy atom. The molecule has 0 amide bonds. The first-order valence-corrected chi connectivity index (χ1v) is 6.11. The highest BCUT2D eigenvalue weighted by molar-refractivity contribution is 4.78. The second kappa shape index (κ2) is 6.46. The van der Waals surface area contributed by atoms with Gasteiger partial charge in [0.25, 0.3) is 0 Å². The van der Waals surface area contributed by atoms with Crippen LogP contribution < -0.4 is 5.32 Å². The lowest BCUT2D eigenvalue weighted by Crippen LogP contribution is -2.42. The summed E-state index contributed by atoms with van der Waals surface area (Å²) >= 11 is 0. The summed E-state index contributed by atoms with van der Waals surface area (Å²) in [7, 11) is 4.25. The molecule has 1 heterocycles. The molecule has 0 saturated carbocycles. The van der Waals surface area contributed by atoms with Gasteiger partial charge in [-0.3, -0.25) is 0 Å². The van der Waals surface area contributed by atoms with Gasteiger partial charge in [0, 0.05) is 6.04 Å². The molecule has 1 saturated heterocycles. The number of ether oxygens (including phenoxy) is 1. The van der Waals surface area contributed by atoms with Gasteiger partial charge in [-0.05, 0) is 60.3 Å². The zero-order valence-electron chi connectivity index (χ0n) is 10.6. The van der Waals surface area contributed by atoms with Crippen molar-refractivity contribution in [3.8, 4) is 0 Å². The molecule has 1 aliphatic rings. The minimum absolute atomic E-state index is 0.417. The third-order valence-corrected chi connectivity index (χ3v) is 2.91. The van der Waals surface area contributed by atoms with E-state index in [1.54, 1.807) is 0 Å². The average molecular weight is 214 g/mol. The summed E-state index contributed by atoms with van der Waals surface area (Å²) in [5.41, 5.74) is 0. The number of hydrogen-bond acceptors (Lipinski definition) is 3. The van der Waals surface area contributed by atoms with Gasteiger partial charge in [0.2, 0.25) is 0 Å². The largest absolute Gasteiger partial charge is 0.375 e. The Labute approximate surface area is 94.2 Å². The minimum Gasteiger partial charge on any atom is -0.375 e. The van der Waals surface area contributed by atoms with Gasteiger partial charge in [-0.1, -0.05) is 0 Å². The van der Waals surface area contributed by atoms with E-state index in [0.29, 0.717) is 18.2 Å². The van der Waals surface area contributed by atoms with Crippen LogP contribution in [0.15, 0.2) is 0 Å². The number of rotatable bonds is 5. The molecule has 15 heavy (non-hydrogen) atoms. The fraction of sp³-hybridized carbons (Fsp3) is 1.00. The Morgan fingerprint density at radius 1 is 1.20 bits per heavy atom. The van der Waals surface area contributed by atoms with Crippen LogP contribution in [-0.4, -0.2) is 50.3 Å². The van der Waals surface area contributed by atoms with Crippen molar-refractivity contribution in [2.75, 3.05) is 27.2 Å². The van der Waals surface area contributed by atoms with Crippen LogP contribution in [0.1, 0.15) is 33.1 Å². The summed E-state index contributed by atoms with van der Waals surface area (Å²) in [5, 5.41) is 3.63. The van der Waals surface area contributed by atoms with Crippen LogP contribution in [0, 0.1) is 0 Å². The Hall–Kier alpha value is -0.120. The van der Waals surface area contributed by atoms with Gasteiger partial charge >= 0.3 is 0 Å². The van der Waals surface area contributed by atoms with Crippen molar-refractivity contribution >= 4 is 0 Å². The Morgan fingerprint density at radius 2 is 1.80 bits per heavy atom. The normalized spacial score (nSPS) is 32.2. The smallest absolute Gasteiger partial charge is 0.0565 e. The summed E-state index contributed by atoms with van der Waals surface area (Å²) in [4.78, 5) is 2.23. The molecule has 1 N–H and O–H groups in total. The van der Waals surface area contributed by atoms with E-state index < -0.39 is 0 Å². The fourth-order valence-corrected chi connectivity index (χ4v) is 2.27. The summed E-state index contributed by atoms with van der Waals surface area (Å²) in [6.07, 6.45) is 4.38. The van der Waals surface area contributed by atoms with Crippen LogP contribution in [-0.2, 0) is 4.74 Å². The monoisotopic (exact) mass is 214 g/mol. The van der Waals surface area contributed by atoms with E-state index in [9.17, 15) is 0 Å². The Bertz CT molecular complexity index is 163. The molecule has 0 bridgehead atoms. The SMILES string of the molecule is CC1CC(NCCCN(C)C)CC(C)O1. The van der Waals surface area contributed by atoms with Crippen LogP contribution in [0.3, 0.4) is 0 Å². The van der Waals surface area contributed by atoms with Gasteiger partial charge in [-0.25, -0.2) is 0 Å². The molecule has 90 valence electrons. The first-order valence-electron chi connectivity index (χ1n) is 6.11. The van der Waals surface area contributed by atoms with Gasteiger partial charge in [0.05, 0.1) is 12.2 Å². The molecule has 0 radical (unpaired) electrons. The number of hydrogen-bond donors (Lipinski definition) is 1. The average Bonchev–Trinajstić information content (AvgIpc) is 2.10. The van der Waals surface area contributed by atoms with Gasteiger partial charge in [-0.15, -0.1) is 0 Å².